The lowest BCUT2D eigenvalue weighted by molar-refractivity contribution is -0.143. The second kappa shape index (κ2) is 6.01. The van der Waals surface area contributed by atoms with Crippen molar-refractivity contribution in [1.29, 1.82) is 0 Å². The molecule has 13 heavy (non-hydrogen) atoms. The molecule has 0 aliphatic carbocycles. The van der Waals surface area contributed by atoms with Gasteiger partial charge >= 0.3 is 0 Å². The summed E-state index contributed by atoms with van der Waals surface area (Å²) in [6.07, 6.45) is -4.95. The number of methoxy groups -OCH3 is 1. The largest absolute Gasteiger partial charge is 0.394 e. The molecule has 0 fully saturated rings. The smallest absolute Gasteiger partial charge is 0.189 e. The maximum atomic E-state index is 10.9. The normalized spacial score (nSPS) is 17.9. The van der Waals surface area contributed by atoms with E-state index in [0.29, 0.717) is 0 Å². The van der Waals surface area contributed by atoms with Crippen LogP contribution in [-0.2, 0) is 9.53 Å². The molecule has 0 heterocycles. The fourth-order valence-electron chi connectivity index (χ4n) is 0.737. The van der Waals surface area contributed by atoms with Gasteiger partial charge in [0, 0.05) is 7.11 Å². The van der Waals surface area contributed by atoms with E-state index in [9.17, 15) is 4.79 Å². The molecule has 6 nitrogen and oxygen atoms in total. The molecule has 0 aromatic carbocycles. The maximum Gasteiger partial charge on any atom is 0.189 e. The third-order valence-corrected chi connectivity index (χ3v) is 1.52. The van der Waals surface area contributed by atoms with Crippen LogP contribution in [0.15, 0.2) is 0 Å². The molecule has 0 saturated heterocycles. The first-order valence-electron chi connectivity index (χ1n) is 3.71. The summed E-state index contributed by atoms with van der Waals surface area (Å²) in [4.78, 5) is 10.9. The van der Waals surface area contributed by atoms with Crippen LogP contribution in [0.4, 0.5) is 0 Å². The predicted molar refractivity (Wildman–Crippen MR) is 42.0 cm³/mol. The Balaban J connectivity index is 4.07. The molecule has 6 heteroatoms. The van der Waals surface area contributed by atoms with Gasteiger partial charge < -0.3 is 25.2 Å². The molecule has 0 bridgehead atoms. The molecule has 0 unspecified atom stereocenters. The van der Waals surface area contributed by atoms with Gasteiger partial charge in [-0.3, -0.25) is 4.79 Å². The molecular formula is C7H14O6. The Morgan fingerprint density at radius 1 is 1.38 bits per heavy atom. The van der Waals surface area contributed by atoms with Crippen molar-refractivity contribution in [3.63, 3.8) is 0 Å². The van der Waals surface area contributed by atoms with Crippen LogP contribution in [0, 0.1) is 0 Å². The average Bonchev–Trinajstić information content (AvgIpc) is 2.14. The first kappa shape index (κ1) is 12.5. The van der Waals surface area contributed by atoms with Crippen molar-refractivity contribution in [2.24, 2.45) is 0 Å². The molecule has 0 spiro atoms. The Kier molecular flexibility index (Phi) is 5.76. The Hall–Kier alpha value is -0.530. The number of carbonyl (C=O) groups excluding carboxylic acids is 1. The summed E-state index contributed by atoms with van der Waals surface area (Å²) in [7, 11) is 1.26. The third kappa shape index (κ3) is 3.79. The molecule has 0 saturated carbocycles. The van der Waals surface area contributed by atoms with Crippen LogP contribution in [0.3, 0.4) is 0 Å². The minimum atomic E-state index is -1.73. The van der Waals surface area contributed by atoms with E-state index in [0.717, 1.165) is 0 Å². The minimum Gasteiger partial charge on any atom is -0.394 e. The summed E-state index contributed by atoms with van der Waals surface area (Å²) in [6.45, 7) is -1.07. The van der Waals surface area contributed by atoms with Crippen LogP contribution in [0.5, 0.6) is 0 Å². The molecule has 0 aliphatic rings. The lowest BCUT2D eigenvalue weighted by atomic mass is 10.1. The first-order valence-corrected chi connectivity index (χ1v) is 3.71. The number of carbonyl (C=O) groups is 1. The molecule has 78 valence electrons. The fourth-order valence-corrected chi connectivity index (χ4v) is 0.737. The Labute approximate surface area is 75.4 Å². The summed E-state index contributed by atoms with van der Waals surface area (Å²) in [5, 5.41) is 35.4. The van der Waals surface area contributed by atoms with E-state index in [-0.39, 0.29) is 6.61 Å². The van der Waals surface area contributed by atoms with E-state index in [2.05, 4.69) is 4.74 Å². The van der Waals surface area contributed by atoms with E-state index in [4.69, 9.17) is 20.4 Å². The van der Waals surface area contributed by atoms with Crippen LogP contribution < -0.4 is 0 Å². The highest BCUT2D eigenvalue weighted by molar-refractivity contribution is 5.84. The molecular weight excluding hydrogens is 180 g/mol. The zero-order chi connectivity index (χ0) is 10.4. The number of ketones is 1. The van der Waals surface area contributed by atoms with Gasteiger partial charge in [0.25, 0.3) is 0 Å². The molecule has 0 aromatic heterocycles. The van der Waals surface area contributed by atoms with Crippen LogP contribution in [0.2, 0.25) is 0 Å². The van der Waals surface area contributed by atoms with Crippen molar-refractivity contribution in [3.05, 3.63) is 0 Å². The zero-order valence-corrected chi connectivity index (χ0v) is 7.25. The average molecular weight is 194 g/mol. The quantitative estimate of drug-likeness (QED) is 0.366. The summed E-state index contributed by atoms with van der Waals surface area (Å²) >= 11 is 0. The monoisotopic (exact) mass is 194 g/mol. The Morgan fingerprint density at radius 2 is 1.92 bits per heavy atom. The van der Waals surface area contributed by atoms with E-state index in [1.165, 1.54) is 7.11 Å². The van der Waals surface area contributed by atoms with E-state index in [1.54, 1.807) is 0 Å². The van der Waals surface area contributed by atoms with Crippen molar-refractivity contribution in [1.82, 2.24) is 0 Å². The van der Waals surface area contributed by atoms with Gasteiger partial charge in [-0.1, -0.05) is 0 Å². The highest BCUT2D eigenvalue weighted by Crippen LogP contribution is 2.01. The first-order chi connectivity index (χ1) is 6.04. The standard InChI is InChI=1S/C7H14O6/c1-13-3-5(10)7(12)6(11)4(9)2-8/h4,6-9,11-12H,2-3H2,1H3/t4-,6+,7+/m0/s1. The Morgan fingerprint density at radius 3 is 2.31 bits per heavy atom. The molecule has 0 amide bonds. The Bertz CT molecular complexity index is 159. The molecule has 4 N–H and O–H groups in total. The molecule has 0 radical (unpaired) electrons. The van der Waals surface area contributed by atoms with E-state index < -0.39 is 30.7 Å². The second-order valence-electron chi connectivity index (χ2n) is 2.58. The van der Waals surface area contributed by atoms with Crippen molar-refractivity contribution in [2.45, 2.75) is 18.3 Å². The lowest BCUT2D eigenvalue weighted by Crippen LogP contribution is -2.44. The van der Waals surface area contributed by atoms with Crippen LogP contribution in [0.1, 0.15) is 0 Å². The minimum absolute atomic E-state index is 0.351. The van der Waals surface area contributed by atoms with Gasteiger partial charge in [0.2, 0.25) is 0 Å². The van der Waals surface area contributed by atoms with Gasteiger partial charge in [0.15, 0.2) is 5.78 Å². The highest BCUT2D eigenvalue weighted by atomic mass is 16.5. The van der Waals surface area contributed by atoms with Crippen molar-refractivity contribution in [3.8, 4) is 0 Å². The fraction of sp³-hybridized carbons (Fsp3) is 0.857. The van der Waals surface area contributed by atoms with Gasteiger partial charge in [-0.25, -0.2) is 0 Å². The van der Waals surface area contributed by atoms with Gasteiger partial charge in [0.05, 0.1) is 6.61 Å². The number of hydrogen-bond donors (Lipinski definition) is 4. The number of aliphatic hydroxyl groups is 4. The summed E-state index contributed by atoms with van der Waals surface area (Å²) in [5.41, 5.74) is 0. The predicted octanol–water partition coefficient (Wildman–Crippen LogP) is -2.72. The topological polar surface area (TPSA) is 107 Å². The molecule has 0 aliphatic heterocycles. The molecule has 0 aromatic rings. The summed E-state index contributed by atoms with van der Waals surface area (Å²) < 4.78 is 4.42. The second-order valence-corrected chi connectivity index (χ2v) is 2.58. The molecule has 0 rings (SSSR count). The van der Waals surface area contributed by atoms with E-state index in [1.807, 2.05) is 0 Å². The van der Waals surface area contributed by atoms with Gasteiger partial charge in [0.1, 0.15) is 24.9 Å². The third-order valence-electron chi connectivity index (χ3n) is 1.52. The van der Waals surface area contributed by atoms with Gasteiger partial charge in [-0.2, -0.15) is 0 Å². The number of aliphatic hydroxyl groups excluding tert-OH is 4. The zero-order valence-electron chi connectivity index (χ0n) is 7.25. The van der Waals surface area contributed by atoms with Gasteiger partial charge in [-0.15, -0.1) is 0 Å². The SMILES string of the molecule is COCC(=O)[C@@H](O)[C@H](O)[C@@H](O)CO. The maximum absolute atomic E-state index is 10.9. The number of ether oxygens (including phenoxy) is 1. The van der Waals surface area contributed by atoms with Gasteiger partial charge in [-0.05, 0) is 0 Å². The van der Waals surface area contributed by atoms with Crippen molar-refractivity contribution in [2.75, 3.05) is 20.3 Å². The number of Topliss-reactive ketones (excluding diaryl/α,β-unsaturated/α-hetero) is 1. The van der Waals surface area contributed by atoms with Crippen LogP contribution in [0.25, 0.3) is 0 Å². The van der Waals surface area contributed by atoms with Crippen molar-refractivity contribution >= 4 is 5.78 Å². The number of rotatable bonds is 6. The highest BCUT2D eigenvalue weighted by Gasteiger charge is 2.29. The summed E-state index contributed by atoms with van der Waals surface area (Å²) in [6, 6.07) is 0. The molecule has 3 atom stereocenters. The number of hydrogen-bond acceptors (Lipinski definition) is 6. The van der Waals surface area contributed by atoms with Crippen LogP contribution in [-0.4, -0.2) is 64.8 Å². The van der Waals surface area contributed by atoms with Crippen LogP contribution >= 0.6 is 0 Å². The van der Waals surface area contributed by atoms with E-state index >= 15 is 0 Å². The van der Waals surface area contributed by atoms with Crippen molar-refractivity contribution < 1.29 is 30.0 Å². The summed E-state index contributed by atoms with van der Waals surface area (Å²) in [5.74, 6) is -0.748. The lowest BCUT2D eigenvalue weighted by Gasteiger charge is -2.19.